The lowest BCUT2D eigenvalue weighted by atomic mass is 10.2. The largest absolute Gasteiger partial charge is 0.384 e. The molecule has 0 fully saturated rings. The van der Waals surface area contributed by atoms with Crippen LogP contribution in [-0.2, 0) is 0 Å². The Bertz CT molecular complexity index is 1070. The van der Waals surface area contributed by atoms with Crippen molar-refractivity contribution in [2.45, 2.75) is 0 Å². The predicted octanol–water partition coefficient (Wildman–Crippen LogP) is 3.84. The van der Waals surface area contributed by atoms with Gasteiger partial charge < -0.3 is 16.4 Å². The van der Waals surface area contributed by atoms with Crippen molar-refractivity contribution in [2.24, 2.45) is 0 Å². The molecule has 2 aromatic heterocycles. The van der Waals surface area contributed by atoms with E-state index < -0.39 is 0 Å². The number of hydrogen-bond donors (Lipinski definition) is 3. The third-order valence-corrected chi connectivity index (χ3v) is 3.89. The van der Waals surface area contributed by atoms with Gasteiger partial charge in [-0.2, -0.15) is 0 Å². The number of benzene rings is 2. The minimum absolute atomic E-state index is 0.213. The van der Waals surface area contributed by atoms with Crippen molar-refractivity contribution >= 4 is 39.9 Å². The van der Waals surface area contributed by atoms with Crippen LogP contribution in [0.5, 0.6) is 0 Å². The molecule has 0 aliphatic heterocycles. The minimum Gasteiger partial charge on any atom is -0.384 e. The highest BCUT2D eigenvalue weighted by Crippen LogP contribution is 2.23. The van der Waals surface area contributed by atoms with Gasteiger partial charge >= 0.3 is 6.03 Å². The van der Waals surface area contributed by atoms with Gasteiger partial charge in [-0.05, 0) is 36.4 Å². The maximum atomic E-state index is 12.5. The van der Waals surface area contributed by atoms with Crippen molar-refractivity contribution in [1.29, 1.82) is 0 Å². The van der Waals surface area contributed by atoms with Crippen LogP contribution in [0, 0.1) is 0 Å². The second-order valence-electron chi connectivity index (χ2n) is 5.71. The van der Waals surface area contributed by atoms with Gasteiger partial charge in [0.1, 0.15) is 18.0 Å². The Labute approximate surface area is 149 Å². The summed E-state index contributed by atoms with van der Waals surface area (Å²) in [4.78, 5) is 20.5. The summed E-state index contributed by atoms with van der Waals surface area (Å²) in [6.45, 7) is 0. The lowest BCUT2D eigenvalue weighted by Gasteiger charge is -2.08. The highest BCUT2D eigenvalue weighted by atomic mass is 16.2. The van der Waals surface area contributed by atoms with Gasteiger partial charge in [-0.1, -0.05) is 18.2 Å². The van der Waals surface area contributed by atoms with Crippen LogP contribution in [0.4, 0.5) is 27.8 Å². The summed E-state index contributed by atoms with van der Waals surface area (Å²) in [5.74, 6) is 1.01. The number of nitrogens with zero attached hydrogens (tertiary/aromatic N) is 3. The van der Waals surface area contributed by atoms with Crippen LogP contribution in [0.25, 0.3) is 10.9 Å². The molecule has 0 saturated heterocycles. The van der Waals surface area contributed by atoms with Crippen LogP contribution >= 0.6 is 0 Å². The fourth-order valence-electron chi connectivity index (χ4n) is 2.69. The average Bonchev–Trinajstić information content (AvgIpc) is 3.06. The van der Waals surface area contributed by atoms with Gasteiger partial charge in [-0.3, -0.25) is 4.57 Å². The number of amides is 1. The van der Waals surface area contributed by atoms with Crippen molar-refractivity contribution in [3.63, 3.8) is 0 Å². The van der Waals surface area contributed by atoms with Crippen molar-refractivity contribution < 1.29 is 4.79 Å². The van der Waals surface area contributed by atoms with E-state index in [1.165, 1.54) is 6.33 Å². The SMILES string of the molecule is Nc1cc(Nc2ccc3c(ccn3C(=O)Nc3ccccc3)c2)ncn1. The van der Waals surface area contributed by atoms with Crippen LogP contribution in [-0.4, -0.2) is 20.6 Å². The zero-order chi connectivity index (χ0) is 17.9. The van der Waals surface area contributed by atoms with Gasteiger partial charge in [-0.25, -0.2) is 14.8 Å². The summed E-state index contributed by atoms with van der Waals surface area (Å²) in [5, 5.41) is 6.98. The van der Waals surface area contributed by atoms with Crippen LogP contribution in [0.2, 0.25) is 0 Å². The topological polar surface area (TPSA) is 97.9 Å². The molecule has 0 aliphatic rings. The number of anilines is 4. The summed E-state index contributed by atoms with van der Waals surface area (Å²) in [7, 11) is 0. The quantitative estimate of drug-likeness (QED) is 0.524. The second-order valence-corrected chi connectivity index (χ2v) is 5.71. The van der Waals surface area contributed by atoms with E-state index in [9.17, 15) is 4.79 Å². The molecule has 26 heavy (non-hydrogen) atoms. The number of nitrogens with two attached hydrogens (primary N) is 1. The Morgan fingerprint density at radius 2 is 1.81 bits per heavy atom. The van der Waals surface area contributed by atoms with E-state index in [0.717, 1.165) is 22.3 Å². The Kier molecular flexibility index (Phi) is 3.95. The summed E-state index contributed by atoms with van der Waals surface area (Å²) in [5.41, 5.74) is 8.07. The van der Waals surface area contributed by atoms with E-state index in [2.05, 4.69) is 20.6 Å². The number of nitrogens with one attached hydrogen (secondary N) is 2. The summed E-state index contributed by atoms with van der Waals surface area (Å²) >= 11 is 0. The molecule has 2 aromatic carbocycles. The molecule has 7 heteroatoms. The van der Waals surface area contributed by atoms with Crippen LogP contribution in [0.1, 0.15) is 0 Å². The van der Waals surface area contributed by atoms with Gasteiger partial charge in [0.25, 0.3) is 0 Å². The molecular formula is C19H16N6O. The van der Waals surface area contributed by atoms with Gasteiger partial charge in [-0.15, -0.1) is 0 Å². The van der Waals surface area contributed by atoms with Crippen molar-refractivity contribution in [3.05, 3.63) is 73.2 Å². The van der Waals surface area contributed by atoms with E-state index in [0.29, 0.717) is 11.6 Å². The second kappa shape index (κ2) is 6.56. The summed E-state index contributed by atoms with van der Waals surface area (Å²) < 4.78 is 1.58. The molecule has 7 nitrogen and oxygen atoms in total. The molecular weight excluding hydrogens is 328 g/mol. The van der Waals surface area contributed by atoms with Gasteiger partial charge in [0, 0.05) is 29.0 Å². The van der Waals surface area contributed by atoms with Gasteiger partial charge in [0.2, 0.25) is 0 Å². The first kappa shape index (κ1) is 15.6. The Morgan fingerprint density at radius 1 is 0.962 bits per heavy atom. The average molecular weight is 344 g/mol. The van der Waals surface area contributed by atoms with Crippen LogP contribution in [0.15, 0.2) is 73.2 Å². The zero-order valence-electron chi connectivity index (χ0n) is 13.8. The molecule has 0 saturated carbocycles. The monoisotopic (exact) mass is 344 g/mol. The first-order valence-corrected chi connectivity index (χ1v) is 8.01. The third kappa shape index (κ3) is 3.18. The van der Waals surface area contributed by atoms with E-state index in [1.54, 1.807) is 16.8 Å². The van der Waals surface area contributed by atoms with E-state index in [4.69, 9.17) is 5.73 Å². The standard InChI is InChI=1S/C19H16N6O/c20-17-11-18(22-12-21-17)23-15-6-7-16-13(10-15)8-9-25(16)19(26)24-14-4-2-1-3-5-14/h1-12H,(H,24,26)(H3,20,21,22,23). The molecule has 0 radical (unpaired) electrons. The fraction of sp³-hybridized carbons (Fsp3) is 0. The third-order valence-electron chi connectivity index (χ3n) is 3.89. The Hall–Kier alpha value is -3.87. The van der Waals surface area contributed by atoms with E-state index >= 15 is 0 Å². The minimum atomic E-state index is -0.213. The summed E-state index contributed by atoms with van der Waals surface area (Å²) in [6.07, 6.45) is 3.15. The molecule has 2 heterocycles. The predicted molar refractivity (Wildman–Crippen MR) is 103 cm³/mol. The first-order valence-electron chi connectivity index (χ1n) is 8.01. The maximum Gasteiger partial charge on any atom is 0.330 e. The molecule has 0 atom stereocenters. The number of fused-ring (bicyclic) bond motifs is 1. The highest BCUT2D eigenvalue weighted by molar-refractivity contribution is 5.99. The molecule has 0 unspecified atom stereocenters. The fourth-order valence-corrected chi connectivity index (χ4v) is 2.69. The molecule has 0 spiro atoms. The van der Waals surface area contributed by atoms with E-state index in [-0.39, 0.29) is 6.03 Å². The maximum absolute atomic E-state index is 12.5. The summed E-state index contributed by atoms with van der Waals surface area (Å²) in [6, 6.07) is 18.4. The number of carbonyl (C=O) groups excluding carboxylic acids is 1. The van der Waals surface area contributed by atoms with Crippen LogP contribution < -0.4 is 16.4 Å². The number of para-hydroxylation sites is 1. The molecule has 4 rings (SSSR count). The molecule has 128 valence electrons. The van der Waals surface area contributed by atoms with Gasteiger partial charge in [0.15, 0.2) is 0 Å². The number of nitrogen functional groups attached to an aromatic ring is 1. The number of hydrogen-bond acceptors (Lipinski definition) is 5. The zero-order valence-corrected chi connectivity index (χ0v) is 13.8. The van der Waals surface area contributed by atoms with Crippen molar-refractivity contribution in [2.75, 3.05) is 16.4 Å². The lowest BCUT2D eigenvalue weighted by molar-refractivity contribution is 0.254. The Balaban J connectivity index is 1.58. The lowest BCUT2D eigenvalue weighted by Crippen LogP contribution is -2.18. The molecule has 0 aliphatic carbocycles. The number of aromatic nitrogens is 3. The normalized spacial score (nSPS) is 10.6. The molecule has 4 N–H and O–H groups in total. The first-order chi connectivity index (χ1) is 12.7. The van der Waals surface area contributed by atoms with E-state index in [1.807, 2.05) is 54.6 Å². The highest BCUT2D eigenvalue weighted by Gasteiger charge is 2.10. The van der Waals surface area contributed by atoms with Crippen LogP contribution in [0.3, 0.4) is 0 Å². The Morgan fingerprint density at radius 3 is 2.62 bits per heavy atom. The smallest absolute Gasteiger partial charge is 0.330 e. The van der Waals surface area contributed by atoms with Gasteiger partial charge in [0.05, 0.1) is 5.52 Å². The van der Waals surface area contributed by atoms with Crippen molar-refractivity contribution in [1.82, 2.24) is 14.5 Å². The molecule has 4 aromatic rings. The molecule has 1 amide bonds. The number of carbonyl (C=O) groups is 1. The molecule has 0 bridgehead atoms. The van der Waals surface area contributed by atoms with Crippen molar-refractivity contribution in [3.8, 4) is 0 Å². The number of rotatable bonds is 3.